The van der Waals surface area contributed by atoms with Gasteiger partial charge in [0.2, 0.25) is 0 Å². The molecule has 0 aliphatic carbocycles. The van der Waals surface area contributed by atoms with Gasteiger partial charge >= 0.3 is 0 Å². The van der Waals surface area contributed by atoms with Gasteiger partial charge in [0.05, 0.1) is 5.56 Å². The molecule has 0 atom stereocenters. The smallest absolute Gasteiger partial charge is 0.255 e. The van der Waals surface area contributed by atoms with E-state index in [2.05, 4.69) is 36.5 Å². The molecule has 2 aromatic rings. The van der Waals surface area contributed by atoms with E-state index >= 15 is 0 Å². The van der Waals surface area contributed by atoms with E-state index in [4.69, 9.17) is 0 Å². The van der Waals surface area contributed by atoms with Gasteiger partial charge in [-0.05, 0) is 46.1 Å². The van der Waals surface area contributed by atoms with Gasteiger partial charge in [-0.3, -0.25) is 9.78 Å². The normalized spacial score (nSPS) is 10.1. The second-order valence-electron chi connectivity index (χ2n) is 4.16. The van der Waals surface area contributed by atoms with Crippen LogP contribution < -0.4 is 10.6 Å². The maximum Gasteiger partial charge on any atom is 0.255 e. The number of carbonyl (C=O) groups excluding carboxylic acids is 1. The minimum Gasteiger partial charge on any atom is -0.372 e. The number of pyridine rings is 2. The number of rotatable bonds is 5. The molecule has 104 valence electrons. The third-order valence-electron chi connectivity index (χ3n) is 2.78. The van der Waals surface area contributed by atoms with Crippen LogP contribution in [0.3, 0.4) is 0 Å². The van der Waals surface area contributed by atoms with Crippen molar-refractivity contribution in [3.8, 4) is 0 Å². The van der Waals surface area contributed by atoms with E-state index in [0.29, 0.717) is 17.9 Å². The van der Waals surface area contributed by atoms with Crippen LogP contribution in [-0.4, -0.2) is 29.5 Å². The summed E-state index contributed by atoms with van der Waals surface area (Å²) >= 11 is 3.32. The van der Waals surface area contributed by atoms with Crippen molar-refractivity contribution >= 4 is 27.7 Å². The van der Waals surface area contributed by atoms with Gasteiger partial charge in [0, 0.05) is 36.7 Å². The second-order valence-corrected chi connectivity index (χ2v) is 5.08. The summed E-state index contributed by atoms with van der Waals surface area (Å²) < 4.78 is 0.774. The van der Waals surface area contributed by atoms with Crippen molar-refractivity contribution in [2.45, 2.75) is 6.42 Å². The maximum absolute atomic E-state index is 12.1. The van der Waals surface area contributed by atoms with Crippen LogP contribution in [0.25, 0.3) is 0 Å². The van der Waals surface area contributed by atoms with Crippen molar-refractivity contribution in [2.24, 2.45) is 0 Å². The number of aromatic nitrogens is 2. The van der Waals surface area contributed by atoms with Gasteiger partial charge in [0.1, 0.15) is 5.82 Å². The van der Waals surface area contributed by atoms with Gasteiger partial charge in [-0.1, -0.05) is 0 Å². The van der Waals surface area contributed by atoms with Crippen molar-refractivity contribution < 1.29 is 4.79 Å². The van der Waals surface area contributed by atoms with Crippen molar-refractivity contribution in [2.75, 3.05) is 18.9 Å². The molecule has 2 heterocycles. The average molecular weight is 335 g/mol. The van der Waals surface area contributed by atoms with Crippen LogP contribution in [-0.2, 0) is 6.42 Å². The minimum absolute atomic E-state index is 0.141. The molecule has 0 fully saturated rings. The molecule has 0 aliphatic rings. The first-order valence-corrected chi connectivity index (χ1v) is 7.00. The molecule has 0 aliphatic heterocycles. The van der Waals surface area contributed by atoms with Crippen molar-refractivity contribution in [3.63, 3.8) is 0 Å². The number of hydrogen-bond acceptors (Lipinski definition) is 4. The monoisotopic (exact) mass is 334 g/mol. The number of carbonyl (C=O) groups is 1. The second kappa shape index (κ2) is 7.00. The van der Waals surface area contributed by atoms with E-state index < -0.39 is 0 Å². The first-order valence-electron chi connectivity index (χ1n) is 6.21. The minimum atomic E-state index is -0.141. The lowest BCUT2D eigenvalue weighted by Crippen LogP contribution is -2.26. The molecule has 0 bridgehead atoms. The first kappa shape index (κ1) is 14.5. The summed E-state index contributed by atoms with van der Waals surface area (Å²) in [6.07, 6.45) is 5.91. The molecule has 0 unspecified atom stereocenters. The fourth-order valence-corrected chi connectivity index (χ4v) is 2.11. The predicted octanol–water partition coefficient (Wildman–Crippen LogP) is 2.25. The average Bonchev–Trinajstić information content (AvgIpc) is 2.48. The van der Waals surface area contributed by atoms with Gasteiger partial charge in [-0.2, -0.15) is 0 Å². The Balaban J connectivity index is 1.97. The molecule has 20 heavy (non-hydrogen) atoms. The van der Waals surface area contributed by atoms with E-state index in [1.807, 2.05) is 12.1 Å². The highest BCUT2D eigenvalue weighted by Crippen LogP contribution is 2.17. The highest BCUT2D eigenvalue weighted by molar-refractivity contribution is 9.10. The summed E-state index contributed by atoms with van der Waals surface area (Å²) in [5, 5.41) is 5.80. The Morgan fingerprint density at radius 2 is 2.10 bits per heavy atom. The van der Waals surface area contributed by atoms with Gasteiger partial charge in [-0.25, -0.2) is 4.98 Å². The summed E-state index contributed by atoms with van der Waals surface area (Å²) in [4.78, 5) is 20.3. The molecule has 0 radical (unpaired) electrons. The third kappa shape index (κ3) is 3.77. The van der Waals surface area contributed by atoms with Crippen LogP contribution in [0.1, 0.15) is 15.9 Å². The van der Waals surface area contributed by atoms with E-state index in [9.17, 15) is 4.79 Å². The molecular weight excluding hydrogens is 320 g/mol. The van der Waals surface area contributed by atoms with Crippen LogP contribution in [0.5, 0.6) is 0 Å². The van der Waals surface area contributed by atoms with Crippen LogP contribution in [0.4, 0.5) is 5.82 Å². The molecule has 0 aromatic carbocycles. The van der Waals surface area contributed by atoms with Crippen LogP contribution in [0, 0.1) is 0 Å². The van der Waals surface area contributed by atoms with E-state index in [0.717, 1.165) is 16.5 Å². The van der Waals surface area contributed by atoms with Gasteiger partial charge < -0.3 is 10.6 Å². The Morgan fingerprint density at radius 1 is 1.35 bits per heavy atom. The van der Waals surface area contributed by atoms with Gasteiger partial charge in [-0.15, -0.1) is 0 Å². The topological polar surface area (TPSA) is 66.9 Å². The predicted molar refractivity (Wildman–Crippen MR) is 81.8 cm³/mol. The van der Waals surface area contributed by atoms with Crippen molar-refractivity contribution in [1.29, 1.82) is 0 Å². The molecule has 2 rings (SSSR count). The van der Waals surface area contributed by atoms with Crippen molar-refractivity contribution in [1.82, 2.24) is 15.3 Å². The zero-order valence-electron chi connectivity index (χ0n) is 11.1. The Morgan fingerprint density at radius 3 is 2.80 bits per heavy atom. The van der Waals surface area contributed by atoms with E-state index in [1.54, 1.807) is 31.7 Å². The first-order chi connectivity index (χ1) is 9.70. The molecule has 6 heteroatoms. The third-order valence-corrected chi connectivity index (χ3v) is 3.22. The fourth-order valence-electron chi connectivity index (χ4n) is 1.78. The van der Waals surface area contributed by atoms with E-state index in [1.165, 1.54) is 0 Å². The zero-order chi connectivity index (χ0) is 14.4. The van der Waals surface area contributed by atoms with Gasteiger partial charge in [0.25, 0.3) is 5.91 Å². The Bertz CT molecular complexity index is 589. The maximum atomic E-state index is 12.1. The van der Waals surface area contributed by atoms with Crippen LogP contribution in [0.15, 0.2) is 41.3 Å². The molecule has 5 nitrogen and oxygen atoms in total. The number of nitrogens with zero attached hydrogens (tertiary/aromatic N) is 2. The van der Waals surface area contributed by atoms with Crippen LogP contribution >= 0.6 is 15.9 Å². The summed E-state index contributed by atoms with van der Waals surface area (Å²) in [5.74, 6) is 0.423. The number of halogens is 1. The van der Waals surface area contributed by atoms with Crippen LogP contribution in [0.2, 0.25) is 0 Å². The number of hydrogen-bond donors (Lipinski definition) is 2. The number of amides is 1. The Kier molecular flexibility index (Phi) is 5.06. The lowest BCUT2D eigenvalue weighted by molar-refractivity contribution is 0.0954. The summed E-state index contributed by atoms with van der Waals surface area (Å²) in [6, 6.07) is 5.62. The lowest BCUT2D eigenvalue weighted by atomic mass is 10.2. The number of anilines is 1. The van der Waals surface area contributed by atoms with Crippen molar-refractivity contribution in [3.05, 3.63) is 52.4 Å². The molecule has 0 saturated carbocycles. The zero-order valence-corrected chi connectivity index (χ0v) is 12.6. The van der Waals surface area contributed by atoms with Gasteiger partial charge in [0.15, 0.2) is 0 Å². The molecule has 2 N–H and O–H groups in total. The summed E-state index contributed by atoms with van der Waals surface area (Å²) in [7, 11) is 1.74. The SMILES string of the molecule is CNc1ncc(Br)cc1C(=O)NCCc1ccncc1. The summed E-state index contributed by atoms with van der Waals surface area (Å²) in [6.45, 7) is 0.568. The molecule has 2 aromatic heterocycles. The fraction of sp³-hybridized carbons (Fsp3) is 0.214. The Labute approximate surface area is 126 Å². The molecule has 0 saturated heterocycles. The lowest BCUT2D eigenvalue weighted by Gasteiger charge is -2.09. The highest BCUT2D eigenvalue weighted by atomic mass is 79.9. The standard InChI is InChI=1S/C14H15BrN4O/c1-16-13-12(8-11(15)9-19-13)14(20)18-7-4-10-2-5-17-6-3-10/h2-3,5-6,8-9H,4,7H2,1H3,(H,16,19)(H,18,20). The quantitative estimate of drug-likeness (QED) is 0.880. The van der Waals surface area contributed by atoms with E-state index in [-0.39, 0.29) is 5.91 Å². The molecule has 1 amide bonds. The summed E-state index contributed by atoms with van der Waals surface area (Å²) in [5.41, 5.74) is 1.66. The Hall–Kier alpha value is -1.95. The molecular formula is C14H15BrN4O. The molecule has 0 spiro atoms. The highest BCUT2D eigenvalue weighted by Gasteiger charge is 2.12. The largest absolute Gasteiger partial charge is 0.372 e. The number of nitrogens with one attached hydrogen (secondary N) is 2.